The van der Waals surface area contributed by atoms with Gasteiger partial charge in [-0.2, -0.15) is 5.10 Å². The molecule has 2 heterocycles. The molecule has 0 radical (unpaired) electrons. The number of hydrogen-bond donors (Lipinski definition) is 1. The molecule has 0 aliphatic carbocycles. The Morgan fingerprint density at radius 3 is 2.41 bits per heavy atom. The second kappa shape index (κ2) is 10.7. The van der Waals surface area contributed by atoms with Gasteiger partial charge >= 0.3 is 0 Å². The molecule has 0 saturated carbocycles. The van der Waals surface area contributed by atoms with E-state index in [1.54, 1.807) is 0 Å². The van der Waals surface area contributed by atoms with Crippen LogP contribution in [0.25, 0.3) is 0 Å². The first-order chi connectivity index (χ1) is 12.1. The lowest BCUT2D eigenvalue weighted by Crippen LogP contribution is -2.43. The van der Waals surface area contributed by atoms with Crippen LogP contribution in [-0.2, 0) is 11.3 Å². The minimum Gasteiger partial charge on any atom is -0.342 e. The molecule has 1 amide bonds. The van der Waals surface area contributed by atoms with Crippen LogP contribution >= 0.6 is 24.8 Å². The van der Waals surface area contributed by atoms with Gasteiger partial charge in [0.25, 0.3) is 0 Å². The smallest absolute Gasteiger partial charge is 0.227 e. The largest absolute Gasteiger partial charge is 0.342 e. The molecule has 150 valence electrons. The van der Waals surface area contributed by atoms with E-state index in [1.807, 2.05) is 53.0 Å². The zero-order valence-corrected chi connectivity index (χ0v) is 17.6. The summed E-state index contributed by atoms with van der Waals surface area (Å²) in [5.74, 6) is 0.461. The Kier molecular flexibility index (Phi) is 9.30. The first-order valence-corrected chi connectivity index (χ1v) is 9.21. The molecular weight excluding hydrogens is 383 g/mol. The van der Waals surface area contributed by atoms with Gasteiger partial charge in [-0.1, -0.05) is 37.3 Å². The highest BCUT2D eigenvalue weighted by Gasteiger charge is 2.30. The summed E-state index contributed by atoms with van der Waals surface area (Å²) in [7, 11) is 0. The van der Waals surface area contributed by atoms with Crippen LogP contribution in [0.3, 0.4) is 0 Å². The number of likely N-dealkylation sites (tertiary alicyclic amines) is 1. The SMILES string of the molecule is CCn1cc(C2CCN(C(=O)C(C)C(N)c3ccccc3)CC2)cn1.Cl.Cl. The van der Waals surface area contributed by atoms with E-state index in [0.29, 0.717) is 5.92 Å². The second-order valence-electron chi connectivity index (χ2n) is 6.95. The van der Waals surface area contributed by atoms with Crippen molar-refractivity contribution in [1.29, 1.82) is 0 Å². The van der Waals surface area contributed by atoms with Crippen LogP contribution in [-0.4, -0.2) is 33.7 Å². The van der Waals surface area contributed by atoms with Gasteiger partial charge in [-0.05, 0) is 36.8 Å². The summed E-state index contributed by atoms with van der Waals surface area (Å²) < 4.78 is 1.97. The summed E-state index contributed by atoms with van der Waals surface area (Å²) in [6, 6.07) is 9.63. The molecule has 2 aromatic rings. The summed E-state index contributed by atoms with van der Waals surface area (Å²) in [5, 5.41) is 4.37. The Balaban J connectivity index is 0.00000182. The van der Waals surface area contributed by atoms with Gasteiger partial charge in [-0.3, -0.25) is 9.48 Å². The highest BCUT2D eigenvalue weighted by molar-refractivity contribution is 5.85. The first kappa shape index (κ1) is 23.5. The molecule has 3 rings (SSSR count). The predicted molar refractivity (Wildman–Crippen MR) is 113 cm³/mol. The number of piperidine rings is 1. The number of nitrogens with two attached hydrogens (primary N) is 1. The molecule has 7 heteroatoms. The first-order valence-electron chi connectivity index (χ1n) is 9.21. The third-order valence-corrected chi connectivity index (χ3v) is 5.37. The molecule has 1 saturated heterocycles. The summed E-state index contributed by atoms with van der Waals surface area (Å²) in [6.07, 6.45) is 6.10. The van der Waals surface area contributed by atoms with Crippen LogP contribution in [0.2, 0.25) is 0 Å². The number of amides is 1. The highest BCUT2D eigenvalue weighted by Crippen LogP contribution is 2.29. The Hall–Kier alpha value is -1.56. The highest BCUT2D eigenvalue weighted by atomic mass is 35.5. The van der Waals surface area contributed by atoms with Gasteiger partial charge in [-0.15, -0.1) is 24.8 Å². The zero-order valence-electron chi connectivity index (χ0n) is 16.0. The Labute approximate surface area is 174 Å². The lowest BCUT2D eigenvalue weighted by molar-refractivity contribution is -0.136. The van der Waals surface area contributed by atoms with Gasteiger partial charge in [0.2, 0.25) is 5.91 Å². The molecule has 5 nitrogen and oxygen atoms in total. The standard InChI is InChI=1S/C20H28N4O.2ClH/c1-3-24-14-18(13-22-24)16-9-11-23(12-10-16)20(25)15(2)19(21)17-7-5-4-6-8-17;;/h4-8,13-16,19H,3,9-12,21H2,1-2H3;2*1H. The number of aromatic nitrogens is 2. The molecule has 2 atom stereocenters. The summed E-state index contributed by atoms with van der Waals surface area (Å²) in [4.78, 5) is 14.8. The number of benzene rings is 1. The average molecular weight is 413 g/mol. The Morgan fingerprint density at radius 1 is 1.22 bits per heavy atom. The second-order valence-corrected chi connectivity index (χ2v) is 6.95. The van der Waals surface area contributed by atoms with Gasteiger partial charge < -0.3 is 10.6 Å². The molecule has 1 aliphatic heterocycles. The number of carbonyl (C=O) groups is 1. The van der Waals surface area contributed by atoms with Gasteiger partial charge in [0.1, 0.15) is 0 Å². The maximum Gasteiger partial charge on any atom is 0.227 e. The van der Waals surface area contributed by atoms with E-state index in [0.717, 1.165) is 38.0 Å². The van der Waals surface area contributed by atoms with Crippen molar-refractivity contribution in [2.24, 2.45) is 11.7 Å². The van der Waals surface area contributed by atoms with Crippen molar-refractivity contribution < 1.29 is 4.79 Å². The number of hydrogen-bond acceptors (Lipinski definition) is 3. The summed E-state index contributed by atoms with van der Waals surface area (Å²) >= 11 is 0. The molecule has 1 aliphatic rings. The lowest BCUT2D eigenvalue weighted by Gasteiger charge is -2.34. The Morgan fingerprint density at radius 2 is 1.85 bits per heavy atom. The van der Waals surface area contributed by atoms with Gasteiger partial charge in [0.05, 0.1) is 12.1 Å². The van der Waals surface area contributed by atoms with Crippen LogP contribution in [0.1, 0.15) is 49.8 Å². The molecule has 1 aromatic heterocycles. The Bertz CT molecular complexity index is 699. The number of aryl methyl sites for hydroxylation is 1. The fraction of sp³-hybridized carbons (Fsp3) is 0.500. The van der Waals surface area contributed by atoms with E-state index in [1.165, 1.54) is 5.56 Å². The predicted octanol–water partition coefficient (Wildman–Crippen LogP) is 3.79. The fourth-order valence-electron chi connectivity index (χ4n) is 3.60. The van der Waals surface area contributed by atoms with Crippen LogP contribution in [0.15, 0.2) is 42.7 Å². The number of nitrogens with zero attached hydrogens (tertiary/aromatic N) is 3. The molecule has 27 heavy (non-hydrogen) atoms. The van der Waals surface area contributed by atoms with Gasteiger partial charge in [0.15, 0.2) is 0 Å². The van der Waals surface area contributed by atoms with Crippen molar-refractivity contribution in [2.75, 3.05) is 13.1 Å². The summed E-state index contributed by atoms with van der Waals surface area (Å²) in [5.41, 5.74) is 8.64. The van der Waals surface area contributed by atoms with E-state index in [4.69, 9.17) is 5.73 Å². The van der Waals surface area contributed by atoms with Crippen molar-refractivity contribution in [3.63, 3.8) is 0 Å². The third kappa shape index (κ3) is 5.47. The lowest BCUT2D eigenvalue weighted by atomic mass is 9.89. The average Bonchev–Trinajstić information content (AvgIpc) is 3.16. The monoisotopic (exact) mass is 412 g/mol. The molecule has 0 bridgehead atoms. The van der Waals surface area contributed by atoms with E-state index in [9.17, 15) is 4.79 Å². The molecule has 2 unspecified atom stereocenters. The van der Waals surface area contributed by atoms with Crippen LogP contribution < -0.4 is 5.73 Å². The van der Waals surface area contributed by atoms with Gasteiger partial charge in [-0.25, -0.2) is 0 Å². The van der Waals surface area contributed by atoms with Gasteiger partial charge in [0, 0.05) is 31.9 Å². The summed E-state index contributed by atoms with van der Waals surface area (Å²) in [6.45, 7) is 6.53. The topological polar surface area (TPSA) is 64.2 Å². The van der Waals surface area contributed by atoms with E-state index >= 15 is 0 Å². The number of halogens is 2. The normalized spacial score (nSPS) is 16.8. The molecule has 2 N–H and O–H groups in total. The van der Waals surface area contributed by atoms with Crippen molar-refractivity contribution in [3.05, 3.63) is 53.9 Å². The van der Waals surface area contributed by atoms with Crippen LogP contribution in [0.5, 0.6) is 0 Å². The quantitative estimate of drug-likeness (QED) is 0.811. The fourth-order valence-corrected chi connectivity index (χ4v) is 3.60. The minimum absolute atomic E-state index is 0. The molecule has 1 aromatic carbocycles. The van der Waals surface area contributed by atoms with Crippen molar-refractivity contribution >= 4 is 30.7 Å². The maximum atomic E-state index is 12.8. The van der Waals surface area contributed by atoms with E-state index < -0.39 is 0 Å². The van der Waals surface area contributed by atoms with Crippen molar-refractivity contribution in [1.82, 2.24) is 14.7 Å². The molecule has 0 spiro atoms. The molecular formula is C20H30Cl2N4O. The maximum absolute atomic E-state index is 12.8. The van der Waals surface area contributed by atoms with E-state index in [-0.39, 0.29) is 42.7 Å². The minimum atomic E-state index is -0.255. The van der Waals surface area contributed by atoms with Crippen LogP contribution in [0.4, 0.5) is 0 Å². The molecule has 1 fully saturated rings. The van der Waals surface area contributed by atoms with E-state index in [2.05, 4.69) is 18.2 Å². The third-order valence-electron chi connectivity index (χ3n) is 5.37. The van der Waals surface area contributed by atoms with Crippen molar-refractivity contribution in [2.45, 2.75) is 45.2 Å². The number of carbonyl (C=O) groups excluding carboxylic acids is 1. The zero-order chi connectivity index (χ0) is 17.8. The van der Waals surface area contributed by atoms with Crippen LogP contribution in [0, 0.1) is 5.92 Å². The number of rotatable bonds is 5. The van der Waals surface area contributed by atoms with Crippen molar-refractivity contribution in [3.8, 4) is 0 Å².